The molecule has 0 aliphatic carbocycles. The van der Waals surface area contributed by atoms with Crippen molar-refractivity contribution in [2.75, 3.05) is 6.67 Å². The molecular weight excluding hydrogens is 150 g/mol. The van der Waals surface area contributed by atoms with Crippen molar-refractivity contribution in [2.24, 2.45) is 5.10 Å². The fourth-order valence-corrected chi connectivity index (χ4v) is 1.16. The summed E-state index contributed by atoms with van der Waals surface area (Å²) >= 11 is 5.83. The van der Waals surface area contributed by atoms with E-state index in [1.807, 2.05) is 23.1 Å². The Morgan fingerprint density at radius 1 is 1.70 bits per heavy atom. The molecule has 0 saturated heterocycles. The van der Waals surface area contributed by atoms with Crippen molar-refractivity contribution in [3.63, 3.8) is 0 Å². The number of nitrogens with one attached hydrogen (secondary N) is 1. The molecule has 0 bridgehead atoms. The van der Waals surface area contributed by atoms with E-state index in [9.17, 15) is 0 Å². The minimum Gasteiger partial charge on any atom is -0.296 e. The fraction of sp³-hybridized carbons (Fsp3) is 0.167. The van der Waals surface area contributed by atoms with E-state index in [2.05, 4.69) is 10.5 Å². The Morgan fingerprint density at radius 2 is 2.60 bits per heavy atom. The lowest BCUT2D eigenvalue weighted by Gasteiger charge is -2.17. The molecule has 2 rings (SSSR count). The van der Waals surface area contributed by atoms with Gasteiger partial charge in [0.2, 0.25) is 0 Å². The lowest BCUT2D eigenvalue weighted by Crippen LogP contribution is -2.26. The summed E-state index contributed by atoms with van der Waals surface area (Å²) in [6.45, 7) is 0.676. The number of hydrogen-bond acceptors (Lipinski definition) is 3. The maximum Gasteiger partial charge on any atom is 0.155 e. The molecule has 0 saturated carbocycles. The van der Waals surface area contributed by atoms with E-state index in [1.54, 1.807) is 0 Å². The molecule has 0 atom stereocenters. The number of allylic oxidation sites excluding steroid dienone is 2. The van der Waals surface area contributed by atoms with Crippen molar-refractivity contribution in [1.82, 2.24) is 10.3 Å². The topological polar surface area (TPSA) is 27.6 Å². The molecule has 0 aromatic carbocycles. The van der Waals surface area contributed by atoms with Crippen LogP contribution in [0, 0.1) is 0 Å². The number of fused-ring (bicyclic) bond motifs is 1. The standard InChI is InChI=1S/C6H6ClN3/c7-5-2-1-3-6-9-8-4-10(5)6/h1-3,8H,4H2. The number of nitrogens with zero attached hydrogens (tertiary/aromatic N) is 2. The Bertz CT molecular complexity index is 241. The second kappa shape index (κ2) is 2.02. The highest BCUT2D eigenvalue weighted by Gasteiger charge is 2.18. The Balaban J connectivity index is 2.36. The SMILES string of the molecule is ClC1=CC=CC2=NNCN12. The summed E-state index contributed by atoms with van der Waals surface area (Å²) in [6, 6.07) is 0. The molecule has 2 aliphatic rings. The smallest absolute Gasteiger partial charge is 0.155 e. The minimum atomic E-state index is 0.676. The average molecular weight is 156 g/mol. The first kappa shape index (κ1) is 5.80. The molecule has 2 aliphatic heterocycles. The monoisotopic (exact) mass is 155 g/mol. The van der Waals surface area contributed by atoms with Crippen LogP contribution in [0.1, 0.15) is 0 Å². The third-order valence-corrected chi connectivity index (χ3v) is 1.77. The lowest BCUT2D eigenvalue weighted by molar-refractivity contribution is 0.538. The van der Waals surface area contributed by atoms with Gasteiger partial charge < -0.3 is 0 Å². The molecule has 0 spiro atoms. The van der Waals surface area contributed by atoms with Gasteiger partial charge in [-0.05, 0) is 12.2 Å². The largest absolute Gasteiger partial charge is 0.296 e. The molecule has 4 heteroatoms. The fourth-order valence-electron chi connectivity index (χ4n) is 0.944. The molecule has 3 nitrogen and oxygen atoms in total. The molecule has 10 heavy (non-hydrogen) atoms. The summed E-state index contributed by atoms with van der Waals surface area (Å²) in [7, 11) is 0. The normalized spacial score (nSPS) is 21.5. The number of hydrogen-bond donors (Lipinski definition) is 1. The van der Waals surface area contributed by atoms with Crippen LogP contribution < -0.4 is 5.43 Å². The summed E-state index contributed by atoms with van der Waals surface area (Å²) in [5, 5.41) is 4.70. The van der Waals surface area contributed by atoms with Crippen LogP contribution >= 0.6 is 11.6 Å². The van der Waals surface area contributed by atoms with E-state index in [0.29, 0.717) is 11.8 Å². The molecule has 52 valence electrons. The maximum atomic E-state index is 5.83. The minimum absolute atomic E-state index is 0.676. The van der Waals surface area contributed by atoms with Crippen molar-refractivity contribution in [3.8, 4) is 0 Å². The zero-order valence-corrected chi connectivity index (χ0v) is 5.97. The van der Waals surface area contributed by atoms with Crippen molar-refractivity contribution < 1.29 is 0 Å². The Kier molecular flexibility index (Phi) is 1.17. The predicted molar refractivity (Wildman–Crippen MR) is 40.4 cm³/mol. The first-order chi connectivity index (χ1) is 4.88. The average Bonchev–Trinajstić information content (AvgIpc) is 2.36. The highest BCUT2D eigenvalue weighted by Crippen LogP contribution is 2.16. The summed E-state index contributed by atoms with van der Waals surface area (Å²) in [5.74, 6) is 0.882. The van der Waals surface area contributed by atoms with Gasteiger partial charge in [-0.2, -0.15) is 5.10 Å². The summed E-state index contributed by atoms with van der Waals surface area (Å²) in [6.07, 6.45) is 5.63. The first-order valence-electron chi connectivity index (χ1n) is 3.00. The predicted octanol–water partition coefficient (Wildman–Crippen LogP) is 0.813. The van der Waals surface area contributed by atoms with Gasteiger partial charge >= 0.3 is 0 Å². The van der Waals surface area contributed by atoms with Gasteiger partial charge in [-0.1, -0.05) is 17.7 Å². The molecule has 1 N–H and O–H groups in total. The number of halogens is 1. The van der Waals surface area contributed by atoms with Crippen molar-refractivity contribution in [2.45, 2.75) is 0 Å². The quantitative estimate of drug-likeness (QED) is 0.525. The van der Waals surface area contributed by atoms with Crippen LogP contribution in [0.15, 0.2) is 28.5 Å². The van der Waals surface area contributed by atoms with Gasteiger partial charge in [0.15, 0.2) is 5.84 Å². The van der Waals surface area contributed by atoms with Crippen LogP contribution in [-0.4, -0.2) is 17.4 Å². The molecule has 0 aromatic rings. The van der Waals surface area contributed by atoms with Gasteiger partial charge in [0.1, 0.15) is 11.8 Å². The van der Waals surface area contributed by atoms with Crippen molar-refractivity contribution in [3.05, 3.63) is 23.4 Å². The Morgan fingerprint density at radius 3 is 3.40 bits per heavy atom. The van der Waals surface area contributed by atoms with E-state index in [4.69, 9.17) is 11.6 Å². The van der Waals surface area contributed by atoms with E-state index in [1.165, 1.54) is 0 Å². The van der Waals surface area contributed by atoms with Crippen LogP contribution in [0.3, 0.4) is 0 Å². The second-order valence-electron chi connectivity index (χ2n) is 2.06. The third kappa shape index (κ3) is 0.708. The van der Waals surface area contributed by atoms with E-state index in [0.717, 1.165) is 5.84 Å². The molecule has 0 radical (unpaired) electrons. The first-order valence-corrected chi connectivity index (χ1v) is 3.38. The van der Waals surface area contributed by atoms with Gasteiger partial charge in [0.25, 0.3) is 0 Å². The molecule has 0 amide bonds. The molecule has 0 fully saturated rings. The molecule has 0 unspecified atom stereocenters. The van der Waals surface area contributed by atoms with Crippen LogP contribution in [0.5, 0.6) is 0 Å². The van der Waals surface area contributed by atoms with Crippen LogP contribution in [0.25, 0.3) is 0 Å². The number of amidine groups is 1. The molecule has 2 heterocycles. The number of hydrazone groups is 1. The van der Waals surface area contributed by atoms with E-state index in [-0.39, 0.29) is 0 Å². The highest BCUT2D eigenvalue weighted by atomic mass is 35.5. The zero-order valence-electron chi connectivity index (χ0n) is 5.21. The Labute approximate surface area is 63.7 Å². The van der Waals surface area contributed by atoms with Gasteiger partial charge in [-0.15, -0.1) is 0 Å². The van der Waals surface area contributed by atoms with Crippen LogP contribution in [0.2, 0.25) is 0 Å². The van der Waals surface area contributed by atoms with Gasteiger partial charge in [-0.25, -0.2) is 0 Å². The lowest BCUT2D eigenvalue weighted by atomic mass is 10.3. The number of rotatable bonds is 0. The van der Waals surface area contributed by atoms with Gasteiger partial charge in [0.05, 0.1) is 0 Å². The van der Waals surface area contributed by atoms with Crippen LogP contribution in [0.4, 0.5) is 0 Å². The summed E-state index contributed by atoms with van der Waals surface area (Å²) < 4.78 is 0. The second-order valence-corrected chi connectivity index (χ2v) is 2.45. The molecular formula is C6H6ClN3. The summed E-state index contributed by atoms with van der Waals surface area (Å²) in [5.41, 5.74) is 2.83. The van der Waals surface area contributed by atoms with E-state index < -0.39 is 0 Å². The van der Waals surface area contributed by atoms with Crippen molar-refractivity contribution >= 4 is 17.4 Å². The van der Waals surface area contributed by atoms with Crippen molar-refractivity contribution in [1.29, 1.82) is 0 Å². The third-order valence-electron chi connectivity index (χ3n) is 1.44. The summed E-state index contributed by atoms with van der Waals surface area (Å²) in [4.78, 5) is 1.89. The van der Waals surface area contributed by atoms with Crippen LogP contribution in [-0.2, 0) is 0 Å². The Hall–Kier alpha value is -0.960. The van der Waals surface area contributed by atoms with Gasteiger partial charge in [0, 0.05) is 0 Å². The van der Waals surface area contributed by atoms with Gasteiger partial charge in [-0.3, -0.25) is 10.3 Å². The molecule has 0 aromatic heterocycles. The highest BCUT2D eigenvalue weighted by molar-refractivity contribution is 6.31. The van der Waals surface area contributed by atoms with E-state index >= 15 is 0 Å². The maximum absolute atomic E-state index is 5.83. The zero-order chi connectivity index (χ0) is 6.97.